The van der Waals surface area contributed by atoms with E-state index in [-0.39, 0.29) is 45.6 Å². The Balaban J connectivity index is 0.000000219. The summed E-state index contributed by atoms with van der Waals surface area (Å²) in [5.74, 6) is 1.41. The van der Waals surface area contributed by atoms with Crippen molar-refractivity contribution in [1.29, 1.82) is 0 Å². The van der Waals surface area contributed by atoms with Gasteiger partial charge >= 0.3 is 7.60 Å². The lowest BCUT2D eigenvalue weighted by molar-refractivity contribution is 0.281. The Morgan fingerprint density at radius 1 is 0.446 bits per heavy atom. The Morgan fingerprint density at radius 3 is 0.964 bits per heavy atom. The first-order chi connectivity index (χ1) is 27.1. The second-order valence-electron chi connectivity index (χ2n) is 12.8. The summed E-state index contributed by atoms with van der Waals surface area (Å²) in [6.45, 7) is 0.209. The average molecular weight is 779 g/mol. The number of nitrogens with zero attached hydrogens (tertiary/aromatic N) is 2. The summed E-state index contributed by atoms with van der Waals surface area (Å²) in [6.07, 6.45) is 0.0685. The minimum Gasteiger partial charge on any atom is -0.497 e. The minimum absolute atomic E-state index is 0.0218. The molecule has 0 aromatic heterocycles. The molecule has 292 valence electrons. The van der Waals surface area contributed by atoms with Gasteiger partial charge in [0.05, 0.1) is 46.3 Å². The molecule has 6 rings (SSSR count). The van der Waals surface area contributed by atoms with Crippen LogP contribution in [0, 0.1) is 0 Å². The van der Waals surface area contributed by atoms with Crippen molar-refractivity contribution in [2.24, 2.45) is 0 Å². The number of benzene rings is 6. The van der Waals surface area contributed by atoms with E-state index < -0.39 is 7.60 Å². The van der Waals surface area contributed by atoms with E-state index in [1.807, 2.05) is 150 Å². The van der Waals surface area contributed by atoms with Crippen molar-refractivity contribution in [3.63, 3.8) is 0 Å². The van der Waals surface area contributed by atoms with Crippen LogP contribution in [0.1, 0.15) is 28.7 Å². The quantitative estimate of drug-likeness (QED) is 0.0415. The van der Waals surface area contributed by atoms with Gasteiger partial charge in [0.1, 0.15) is 11.5 Å². The number of hydrogen-bond acceptors (Lipinski definition) is 9. The highest BCUT2D eigenvalue weighted by Crippen LogP contribution is 2.38. The summed E-state index contributed by atoms with van der Waals surface area (Å²) in [7, 11) is -2.36. The lowest BCUT2D eigenvalue weighted by Gasteiger charge is -2.26. The van der Waals surface area contributed by atoms with Crippen LogP contribution in [0.3, 0.4) is 0 Å². The maximum Gasteiger partial charge on any atom is 0.325 e. The molecule has 0 bridgehead atoms. The Labute approximate surface area is 327 Å². The highest BCUT2D eigenvalue weighted by molar-refractivity contribution is 7.51. The summed E-state index contributed by atoms with van der Waals surface area (Å²) in [5.41, 5.74) is 9.04. The predicted molar refractivity (Wildman–Crippen MR) is 220 cm³/mol. The molecule has 0 amide bonds. The van der Waals surface area contributed by atoms with Gasteiger partial charge in [-0.3, -0.25) is 4.57 Å². The van der Waals surface area contributed by atoms with Crippen molar-refractivity contribution in [3.05, 3.63) is 168 Å². The van der Waals surface area contributed by atoms with E-state index in [4.69, 9.17) is 19.3 Å². The number of rotatable bonds is 16. The number of hydrogen-bond donors (Lipinski definition) is 6. The van der Waals surface area contributed by atoms with Crippen LogP contribution in [0.25, 0.3) is 0 Å². The number of anilines is 6. The van der Waals surface area contributed by atoms with Gasteiger partial charge in [0, 0.05) is 34.1 Å². The topological polar surface area (TPSA) is 163 Å². The Bertz CT molecular complexity index is 1950. The molecular formula is C44H47N2O9P. The van der Waals surface area contributed by atoms with Crippen LogP contribution in [0.5, 0.6) is 11.5 Å². The molecule has 0 unspecified atom stereocenters. The van der Waals surface area contributed by atoms with E-state index >= 15 is 0 Å². The van der Waals surface area contributed by atoms with Gasteiger partial charge in [-0.05, 0) is 126 Å². The van der Waals surface area contributed by atoms with E-state index in [1.165, 1.54) is 0 Å². The summed E-state index contributed by atoms with van der Waals surface area (Å²) in [6, 6.07) is 46.0. The molecule has 11 nitrogen and oxygen atoms in total. The van der Waals surface area contributed by atoms with E-state index in [2.05, 4.69) is 4.90 Å². The molecule has 6 aromatic rings. The summed E-state index contributed by atoms with van der Waals surface area (Å²) >= 11 is 0. The number of methoxy groups -OCH3 is 1. The van der Waals surface area contributed by atoms with Gasteiger partial charge in [-0.25, -0.2) is 0 Å². The van der Waals surface area contributed by atoms with Gasteiger partial charge in [-0.2, -0.15) is 0 Å². The third kappa shape index (κ3) is 11.8. The summed E-state index contributed by atoms with van der Waals surface area (Å²) in [5, 5.41) is 37.2. The fourth-order valence-corrected chi connectivity index (χ4v) is 6.32. The molecule has 0 radical (unpaired) electrons. The Hall–Kier alpha value is -5.49. The van der Waals surface area contributed by atoms with Gasteiger partial charge in [0.2, 0.25) is 0 Å². The smallest absolute Gasteiger partial charge is 0.325 e. The van der Waals surface area contributed by atoms with Crippen molar-refractivity contribution in [3.8, 4) is 11.5 Å². The van der Waals surface area contributed by atoms with Crippen molar-refractivity contribution >= 4 is 41.7 Å². The van der Waals surface area contributed by atoms with Gasteiger partial charge in [-0.15, -0.1) is 0 Å². The largest absolute Gasteiger partial charge is 0.497 e. The van der Waals surface area contributed by atoms with Crippen LogP contribution in [0.15, 0.2) is 146 Å². The fourth-order valence-electron chi connectivity index (χ4n) is 5.78. The third-order valence-electron chi connectivity index (χ3n) is 8.80. The van der Waals surface area contributed by atoms with Gasteiger partial charge < -0.3 is 49.5 Å². The van der Waals surface area contributed by atoms with Crippen molar-refractivity contribution < 1.29 is 44.3 Å². The van der Waals surface area contributed by atoms with Gasteiger partial charge in [0.15, 0.2) is 0 Å². The first-order valence-electron chi connectivity index (χ1n) is 18.0. The van der Waals surface area contributed by atoms with Crippen LogP contribution in [-0.4, -0.2) is 50.1 Å². The van der Waals surface area contributed by atoms with Crippen LogP contribution >= 0.6 is 7.60 Å². The predicted octanol–water partition coefficient (Wildman–Crippen LogP) is 8.24. The molecule has 0 spiro atoms. The highest BCUT2D eigenvalue weighted by Gasteiger charge is 2.15. The molecule has 0 aliphatic carbocycles. The van der Waals surface area contributed by atoms with Gasteiger partial charge in [-0.1, -0.05) is 48.5 Å². The minimum atomic E-state index is -4.01. The number of ether oxygens (including phenoxy) is 2. The zero-order valence-electron chi connectivity index (χ0n) is 31.1. The van der Waals surface area contributed by atoms with Crippen LogP contribution in [0.2, 0.25) is 0 Å². The lowest BCUT2D eigenvalue weighted by atomic mass is 10.1. The van der Waals surface area contributed by atoms with E-state index in [9.17, 15) is 25.0 Å². The molecule has 0 saturated heterocycles. The SMILES string of the molecule is COc1ccc(N(c2ccc(CO)cc2)c2ccc(CO)cc2)cc1.O=P(O)(O)CCCOc1ccc(N(c2ccc(CO)cc2)c2ccc(CO)cc2)cc1. The Morgan fingerprint density at radius 2 is 0.714 bits per heavy atom. The first-order valence-corrected chi connectivity index (χ1v) is 19.8. The molecule has 12 heteroatoms. The van der Waals surface area contributed by atoms with Gasteiger partial charge in [0.25, 0.3) is 0 Å². The Kier molecular flexibility index (Phi) is 15.2. The maximum absolute atomic E-state index is 10.9. The molecule has 0 fully saturated rings. The fraction of sp³-hybridized carbons (Fsp3) is 0.182. The van der Waals surface area contributed by atoms with Crippen molar-refractivity contribution in [2.45, 2.75) is 32.8 Å². The molecular weight excluding hydrogens is 731 g/mol. The monoisotopic (exact) mass is 778 g/mol. The summed E-state index contributed by atoms with van der Waals surface area (Å²) < 4.78 is 21.8. The maximum atomic E-state index is 10.9. The second-order valence-corrected chi connectivity index (χ2v) is 14.5. The standard InChI is InChI=1S/C23H26NO6P.C21H21NO3/c25-16-18-2-6-20(7-3-18)24(21-8-4-19(17-26)5-9-21)22-10-12-23(13-11-22)30-14-1-15-31(27,28)29;1-25-21-12-10-20(11-13-21)22(18-6-2-16(14-23)3-7-18)19-8-4-17(15-24)5-9-19/h2-13,25-26H,1,14-17H2,(H2,27,28,29);2-13,23-24H,14-15H2,1H3. The molecule has 0 heterocycles. The summed E-state index contributed by atoms with van der Waals surface area (Å²) in [4.78, 5) is 22.0. The molecule has 0 atom stereocenters. The number of aliphatic hydroxyl groups excluding tert-OH is 4. The first kappa shape index (κ1) is 41.7. The molecule has 56 heavy (non-hydrogen) atoms. The highest BCUT2D eigenvalue weighted by atomic mass is 31.2. The average Bonchev–Trinajstić information content (AvgIpc) is 3.24. The molecule has 0 aliphatic heterocycles. The normalized spacial score (nSPS) is 11.0. The number of aliphatic hydroxyl groups is 4. The molecule has 6 N–H and O–H groups in total. The molecule has 6 aromatic carbocycles. The van der Waals surface area contributed by atoms with E-state index in [0.717, 1.165) is 62.1 Å². The van der Waals surface area contributed by atoms with E-state index in [1.54, 1.807) is 7.11 Å². The third-order valence-corrected chi connectivity index (χ3v) is 9.70. The zero-order chi connectivity index (χ0) is 39.9. The second kappa shape index (κ2) is 20.4. The lowest BCUT2D eigenvalue weighted by Crippen LogP contribution is -2.10. The van der Waals surface area contributed by atoms with Crippen LogP contribution in [0.4, 0.5) is 34.1 Å². The van der Waals surface area contributed by atoms with Crippen LogP contribution in [-0.2, 0) is 31.0 Å². The van der Waals surface area contributed by atoms with Crippen molar-refractivity contribution in [1.82, 2.24) is 0 Å². The van der Waals surface area contributed by atoms with Crippen molar-refractivity contribution in [2.75, 3.05) is 29.7 Å². The molecule has 0 saturated carbocycles. The zero-order valence-corrected chi connectivity index (χ0v) is 32.0. The van der Waals surface area contributed by atoms with E-state index in [0.29, 0.717) is 5.75 Å². The molecule has 0 aliphatic rings. The van der Waals surface area contributed by atoms with Crippen LogP contribution < -0.4 is 19.3 Å².